The van der Waals surface area contributed by atoms with E-state index in [9.17, 15) is 19.5 Å². The summed E-state index contributed by atoms with van der Waals surface area (Å²) in [5.74, 6) is -0.928. The van der Waals surface area contributed by atoms with E-state index in [2.05, 4.69) is 16.2 Å². The first-order valence-corrected chi connectivity index (χ1v) is 14.4. The minimum atomic E-state index is -1.12. The molecule has 3 aromatic carbocycles. The van der Waals surface area contributed by atoms with Gasteiger partial charge in [0.2, 0.25) is 11.8 Å². The molecular formula is C31H33Cl2N3O6. The third kappa shape index (κ3) is 8.53. The number of carboxylic acid groups (broad SMARTS) is 1. The SMILES string of the molecule is COc1cccc(NNC(=O)C2CCC(C(=O)NC(Cc3ccc(OCc4c(Cl)cccc4Cl)cc3)C(=O)O)CC2)c1. The Morgan fingerprint density at radius 3 is 2.12 bits per heavy atom. The largest absolute Gasteiger partial charge is 0.497 e. The molecule has 0 spiro atoms. The summed E-state index contributed by atoms with van der Waals surface area (Å²) in [6.07, 6.45) is 2.17. The fourth-order valence-corrected chi connectivity index (χ4v) is 5.33. The molecule has 2 amide bonds. The number of anilines is 1. The van der Waals surface area contributed by atoms with Gasteiger partial charge in [0.25, 0.3) is 0 Å². The van der Waals surface area contributed by atoms with Crippen molar-refractivity contribution in [3.05, 3.63) is 87.9 Å². The molecule has 1 atom stereocenters. The Labute approximate surface area is 254 Å². The van der Waals surface area contributed by atoms with E-state index >= 15 is 0 Å². The summed E-state index contributed by atoms with van der Waals surface area (Å²) in [5.41, 5.74) is 7.72. The molecule has 1 fully saturated rings. The Balaban J connectivity index is 1.23. The summed E-state index contributed by atoms with van der Waals surface area (Å²) < 4.78 is 11.0. The van der Waals surface area contributed by atoms with Crippen LogP contribution in [0.4, 0.5) is 5.69 Å². The Kier molecular flexibility index (Phi) is 10.9. The van der Waals surface area contributed by atoms with Gasteiger partial charge in [-0.05, 0) is 67.6 Å². The molecule has 1 unspecified atom stereocenters. The zero-order chi connectivity index (χ0) is 30.1. The van der Waals surface area contributed by atoms with Gasteiger partial charge in [0.05, 0.1) is 12.8 Å². The molecule has 0 saturated heterocycles. The summed E-state index contributed by atoms with van der Waals surface area (Å²) in [6.45, 7) is 0.189. The van der Waals surface area contributed by atoms with Gasteiger partial charge in [-0.25, -0.2) is 4.79 Å². The Morgan fingerprint density at radius 2 is 1.50 bits per heavy atom. The molecule has 11 heteroatoms. The number of hydrogen-bond donors (Lipinski definition) is 4. The highest BCUT2D eigenvalue weighted by Gasteiger charge is 2.32. The Hall–Kier alpha value is -3.95. The molecule has 42 heavy (non-hydrogen) atoms. The number of carbonyl (C=O) groups excluding carboxylic acids is 2. The van der Waals surface area contributed by atoms with Crippen LogP contribution in [-0.2, 0) is 27.4 Å². The van der Waals surface area contributed by atoms with E-state index in [1.54, 1.807) is 61.7 Å². The highest BCUT2D eigenvalue weighted by molar-refractivity contribution is 6.35. The zero-order valence-electron chi connectivity index (χ0n) is 23.1. The van der Waals surface area contributed by atoms with Crippen LogP contribution in [0.2, 0.25) is 10.0 Å². The molecule has 4 N–H and O–H groups in total. The standard InChI is InChI=1S/C31H33Cl2N3O6/c1-41-24-5-2-4-22(17-24)35-36-30(38)21-12-10-20(11-13-21)29(37)34-28(31(39)40)16-19-8-14-23(15-9-19)42-18-25-26(32)6-3-7-27(25)33/h2-9,14-15,17,20-21,28,35H,10-13,16,18H2,1H3,(H,34,37)(H,36,38)(H,39,40). The second kappa shape index (κ2) is 14.8. The summed E-state index contributed by atoms with van der Waals surface area (Å²) >= 11 is 12.4. The molecular weight excluding hydrogens is 581 g/mol. The van der Waals surface area contributed by atoms with Crippen LogP contribution in [0.25, 0.3) is 0 Å². The first kappa shape index (κ1) is 31.0. The lowest BCUT2D eigenvalue weighted by atomic mass is 9.81. The lowest BCUT2D eigenvalue weighted by Crippen LogP contribution is -2.46. The second-order valence-electron chi connectivity index (χ2n) is 10.1. The van der Waals surface area contributed by atoms with Gasteiger partial charge < -0.3 is 19.9 Å². The molecule has 0 heterocycles. The van der Waals surface area contributed by atoms with Crippen LogP contribution in [0.3, 0.4) is 0 Å². The number of carbonyl (C=O) groups is 3. The van der Waals surface area contributed by atoms with Gasteiger partial charge in [-0.15, -0.1) is 0 Å². The third-order valence-corrected chi connectivity index (χ3v) is 8.00. The van der Waals surface area contributed by atoms with Gasteiger partial charge in [-0.3, -0.25) is 20.4 Å². The van der Waals surface area contributed by atoms with Gasteiger partial charge in [-0.2, -0.15) is 0 Å². The Bertz CT molecular complexity index is 1370. The molecule has 1 saturated carbocycles. The first-order valence-electron chi connectivity index (χ1n) is 13.6. The average Bonchev–Trinajstić information content (AvgIpc) is 3.00. The number of nitrogens with one attached hydrogen (secondary N) is 3. The molecule has 0 bridgehead atoms. The number of rotatable bonds is 12. The molecule has 222 valence electrons. The fraction of sp³-hybridized carbons (Fsp3) is 0.323. The lowest BCUT2D eigenvalue weighted by Gasteiger charge is -2.28. The summed E-state index contributed by atoms with van der Waals surface area (Å²) in [5, 5.41) is 13.5. The maximum absolute atomic E-state index is 12.9. The smallest absolute Gasteiger partial charge is 0.326 e. The number of aliphatic carboxylic acids is 1. The molecule has 1 aliphatic carbocycles. The number of methoxy groups -OCH3 is 1. The van der Waals surface area contributed by atoms with Gasteiger partial charge >= 0.3 is 5.97 Å². The van der Waals surface area contributed by atoms with E-state index in [-0.39, 0.29) is 36.7 Å². The number of hydrazine groups is 1. The van der Waals surface area contributed by atoms with E-state index in [0.717, 1.165) is 5.56 Å². The average molecular weight is 615 g/mol. The number of halogens is 2. The van der Waals surface area contributed by atoms with Crippen molar-refractivity contribution < 1.29 is 29.0 Å². The van der Waals surface area contributed by atoms with E-state index in [1.165, 1.54) is 0 Å². The topological polar surface area (TPSA) is 126 Å². The highest BCUT2D eigenvalue weighted by Crippen LogP contribution is 2.30. The monoisotopic (exact) mass is 613 g/mol. The van der Waals surface area contributed by atoms with Crippen LogP contribution in [0, 0.1) is 11.8 Å². The first-order chi connectivity index (χ1) is 20.2. The second-order valence-corrected chi connectivity index (χ2v) is 10.9. The highest BCUT2D eigenvalue weighted by atomic mass is 35.5. The number of hydrogen-bond acceptors (Lipinski definition) is 6. The number of carboxylic acids is 1. The third-order valence-electron chi connectivity index (χ3n) is 7.29. The van der Waals surface area contributed by atoms with Crippen LogP contribution < -0.4 is 25.6 Å². The van der Waals surface area contributed by atoms with Crippen LogP contribution in [0.5, 0.6) is 11.5 Å². The van der Waals surface area contributed by atoms with E-state index in [4.69, 9.17) is 32.7 Å². The van der Waals surface area contributed by atoms with Gasteiger partial charge in [-0.1, -0.05) is 47.5 Å². The molecule has 3 aromatic rings. The quantitative estimate of drug-likeness (QED) is 0.195. The number of amides is 2. The lowest BCUT2D eigenvalue weighted by molar-refractivity contribution is -0.142. The predicted octanol–water partition coefficient (Wildman–Crippen LogP) is 5.64. The van der Waals surface area contributed by atoms with Crippen LogP contribution in [0.1, 0.15) is 36.8 Å². The van der Waals surface area contributed by atoms with Gasteiger partial charge in [0, 0.05) is 39.9 Å². The van der Waals surface area contributed by atoms with Gasteiger partial charge in [0.15, 0.2) is 0 Å². The minimum absolute atomic E-state index is 0.116. The van der Waals surface area contributed by atoms with Crippen molar-refractivity contribution in [3.63, 3.8) is 0 Å². The molecule has 0 aromatic heterocycles. The molecule has 1 aliphatic rings. The van der Waals surface area contributed by atoms with E-state index < -0.39 is 12.0 Å². The van der Waals surface area contributed by atoms with Crippen molar-refractivity contribution in [1.29, 1.82) is 0 Å². The van der Waals surface area contributed by atoms with E-state index in [1.807, 2.05) is 12.1 Å². The van der Waals surface area contributed by atoms with Gasteiger partial charge in [0.1, 0.15) is 24.1 Å². The van der Waals surface area contributed by atoms with Crippen molar-refractivity contribution in [2.75, 3.05) is 12.5 Å². The summed E-state index contributed by atoms with van der Waals surface area (Å²) in [4.78, 5) is 37.5. The predicted molar refractivity (Wildman–Crippen MR) is 161 cm³/mol. The van der Waals surface area contributed by atoms with Crippen LogP contribution in [0.15, 0.2) is 66.7 Å². The van der Waals surface area contributed by atoms with E-state index in [0.29, 0.717) is 58.5 Å². The zero-order valence-corrected chi connectivity index (χ0v) is 24.6. The van der Waals surface area contributed by atoms with Crippen molar-refractivity contribution in [3.8, 4) is 11.5 Å². The fourth-order valence-electron chi connectivity index (χ4n) is 4.83. The number of ether oxygens (including phenoxy) is 2. The Morgan fingerprint density at radius 1 is 0.881 bits per heavy atom. The maximum atomic E-state index is 12.9. The minimum Gasteiger partial charge on any atom is -0.497 e. The molecule has 9 nitrogen and oxygen atoms in total. The van der Waals surface area contributed by atoms with Crippen LogP contribution in [-0.4, -0.2) is 36.0 Å². The molecule has 0 radical (unpaired) electrons. The summed E-state index contributed by atoms with van der Waals surface area (Å²) in [6, 6.07) is 18.3. The van der Waals surface area contributed by atoms with Crippen molar-refractivity contribution >= 4 is 46.7 Å². The number of benzene rings is 3. The summed E-state index contributed by atoms with van der Waals surface area (Å²) in [7, 11) is 1.57. The molecule has 4 rings (SSSR count). The van der Waals surface area contributed by atoms with Crippen molar-refractivity contribution in [2.45, 2.75) is 44.8 Å². The normalized spacial score (nSPS) is 17.0. The van der Waals surface area contributed by atoms with Crippen LogP contribution >= 0.6 is 23.2 Å². The van der Waals surface area contributed by atoms with Crippen molar-refractivity contribution in [1.82, 2.24) is 10.7 Å². The molecule has 0 aliphatic heterocycles. The van der Waals surface area contributed by atoms with Crippen molar-refractivity contribution in [2.24, 2.45) is 11.8 Å². The maximum Gasteiger partial charge on any atom is 0.326 e.